The Balaban J connectivity index is 1.60. The number of fused-ring (bicyclic) bond motifs is 1. The zero-order valence-corrected chi connectivity index (χ0v) is 14.0. The van der Waals surface area contributed by atoms with E-state index in [1.807, 2.05) is 34.5 Å². The van der Waals surface area contributed by atoms with Crippen LogP contribution in [-0.2, 0) is 6.54 Å². The lowest BCUT2D eigenvalue weighted by molar-refractivity contribution is 0.379. The number of rotatable bonds is 5. The number of aromatic nitrogens is 2. The maximum atomic E-state index is 6.00. The third-order valence-electron chi connectivity index (χ3n) is 4.42. The summed E-state index contributed by atoms with van der Waals surface area (Å²) in [7, 11) is 0. The summed E-state index contributed by atoms with van der Waals surface area (Å²) in [6.07, 6.45) is 13.0. The molecule has 2 heterocycles. The van der Waals surface area contributed by atoms with Gasteiger partial charge in [0.05, 0.1) is 10.7 Å². The van der Waals surface area contributed by atoms with E-state index in [1.165, 1.54) is 32.1 Å². The predicted molar refractivity (Wildman–Crippen MR) is 91.2 cm³/mol. The van der Waals surface area contributed by atoms with Gasteiger partial charge in [0, 0.05) is 30.2 Å². The van der Waals surface area contributed by atoms with Gasteiger partial charge < -0.3 is 9.72 Å². The summed E-state index contributed by atoms with van der Waals surface area (Å²) in [5.41, 5.74) is 2.03. The zero-order valence-electron chi connectivity index (χ0n) is 12.4. The fourth-order valence-corrected chi connectivity index (χ4v) is 4.28. The van der Waals surface area contributed by atoms with E-state index in [2.05, 4.69) is 22.8 Å². The summed E-state index contributed by atoms with van der Waals surface area (Å²) in [4.78, 5) is 4.62. The van der Waals surface area contributed by atoms with Crippen molar-refractivity contribution in [3.05, 3.63) is 35.2 Å². The quantitative estimate of drug-likeness (QED) is 0.896. The third-order valence-corrected chi connectivity index (χ3v) is 6.06. The molecule has 5 heteroatoms. The second kappa shape index (κ2) is 6.59. The first kappa shape index (κ1) is 15.2. The van der Waals surface area contributed by atoms with Crippen molar-refractivity contribution in [3.8, 4) is 0 Å². The van der Waals surface area contributed by atoms with E-state index in [-0.39, 0.29) is 0 Å². The normalized spacial score (nSPS) is 18.2. The molecule has 2 aromatic heterocycles. The smallest absolute Gasteiger partial charge is 0.137 e. The molecule has 1 N–H and O–H groups in total. The van der Waals surface area contributed by atoms with E-state index in [4.69, 9.17) is 11.6 Å². The number of pyridine rings is 1. The van der Waals surface area contributed by atoms with Crippen LogP contribution in [0, 0.1) is 0 Å². The molecule has 1 fully saturated rings. The first-order valence-electron chi connectivity index (χ1n) is 7.60. The van der Waals surface area contributed by atoms with E-state index in [1.54, 1.807) is 0 Å². The topological polar surface area (TPSA) is 29.3 Å². The summed E-state index contributed by atoms with van der Waals surface area (Å²) in [6, 6.07) is 3.84. The Labute approximate surface area is 135 Å². The standard InChI is InChI=1S/C16H22ClN3S/c1-21-16(7-3-2-4-8-16)12-18-9-14-11-20-10-13(17)5-6-15(20)19-14/h5-6,10-11,18H,2-4,7-9,12H2,1H3. The monoisotopic (exact) mass is 323 g/mol. The predicted octanol–water partition coefficient (Wildman–Crippen LogP) is 4.14. The summed E-state index contributed by atoms with van der Waals surface area (Å²) in [6.45, 7) is 1.89. The van der Waals surface area contributed by atoms with E-state index in [0.29, 0.717) is 4.75 Å². The van der Waals surface area contributed by atoms with Crippen molar-refractivity contribution in [2.45, 2.75) is 43.4 Å². The van der Waals surface area contributed by atoms with Gasteiger partial charge in [-0.15, -0.1) is 0 Å². The summed E-state index contributed by atoms with van der Waals surface area (Å²) < 4.78 is 2.42. The van der Waals surface area contributed by atoms with Gasteiger partial charge in [0.1, 0.15) is 5.65 Å². The Morgan fingerprint density at radius 3 is 2.86 bits per heavy atom. The van der Waals surface area contributed by atoms with Gasteiger partial charge in [0.25, 0.3) is 0 Å². The van der Waals surface area contributed by atoms with Crippen molar-refractivity contribution in [2.75, 3.05) is 12.8 Å². The van der Waals surface area contributed by atoms with Crippen LogP contribution in [0.3, 0.4) is 0 Å². The number of hydrogen-bond acceptors (Lipinski definition) is 3. The lowest BCUT2D eigenvalue weighted by atomic mass is 9.88. The molecule has 1 aliphatic rings. The Hall–Kier alpha value is -0.710. The van der Waals surface area contributed by atoms with Crippen LogP contribution in [-0.4, -0.2) is 26.9 Å². The van der Waals surface area contributed by atoms with Crippen molar-refractivity contribution < 1.29 is 0 Å². The molecule has 0 bridgehead atoms. The van der Waals surface area contributed by atoms with Crippen molar-refractivity contribution in [1.82, 2.24) is 14.7 Å². The zero-order chi connectivity index (χ0) is 14.7. The summed E-state index contributed by atoms with van der Waals surface area (Å²) >= 11 is 8.03. The first-order chi connectivity index (χ1) is 10.2. The van der Waals surface area contributed by atoms with E-state index >= 15 is 0 Å². The molecule has 3 nitrogen and oxygen atoms in total. The van der Waals surface area contributed by atoms with Crippen LogP contribution in [0.15, 0.2) is 24.5 Å². The van der Waals surface area contributed by atoms with Gasteiger partial charge in [-0.05, 0) is 31.2 Å². The minimum absolute atomic E-state index is 0.431. The molecule has 0 saturated heterocycles. The van der Waals surface area contributed by atoms with Crippen LogP contribution in [0.2, 0.25) is 5.02 Å². The molecular formula is C16H22ClN3S. The minimum Gasteiger partial charge on any atom is -0.310 e. The second-order valence-corrected chi connectivity index (χ2v) is 7.61. The van der Waals surface area contributed by atoms with E-state index in [0.717, 1.165) is 29.5 Å². The fraction of sp³-hybridized carbons (Fsp3) is 0.562. The van der Waals surface area contributed by atoms with Gasteiger partial charge in [-0.25, -0.2) is 4.98 Å². The second-order valence-electron chi connectivity index (χ2n) is 5.90. The van der Waals surface area contributed by atoms with Crippen molar-refractivity contribution in [1.29, 1.82) is 0 Å². The Kier molecular flexibility index (Phi) is 4.77. The van der Waals surface area contributed by atoms with Crippen molar-refractivity contribution >= 4 is 29.0 Å². The molecule has 3 rings (SSSR count). The molecule has 0 unspecified atom stereocenters. The molecule has 1 aliphatic carbocycles. The third kappa shape index (κ3) is 3.55. The molecule has 114 valence electrons. The summed E-state index contributed by atoms with van der Waals surface area (Å²) in [5, 5.41) is 4.35. The van der Waals surface area contributed by atoms with Gasteiger partial charge in [-0.2, -0.15) is 11.8 Å². The number of thioether (sulfide) groups is 1. The largest absolute Gasteiger partial charge is 0.310 e. The van der Waals surface area contributed by atoms with Gasteiger partial charge in [-0.3, -0.25) is 0 Å². The van der Waals surface area contributed by atoms with Crippen LogP contribution in [0.25, 0.3) is 5.65 Å². The molecule has 0 amide bonds. The molecule has 0 aromatic carbocycles. The highest BCUT2D eigenvalue weighted by atomic mass is 35.5. The van der Waals surface area contributed by atoms with Crippen LogP contribution >= 0.6 is 23.4 Å². The van der Waals surface area contributed by atoms with Crippen molar-refractivity contribution in [3.63, 3.8) is 0 Å². The Bertz CT molecular complexity index is 605. The molecule has 0 spiro atoms. The fourth-order valence-electron chi connectivity index (χ4n) is 3.17. The van der Waals surface area contributed by atoms with Gasteiger partial charge in [0.15, 0.2) is 0 Å². The summed E-state index contributed by atoms with van der Waals surface area (Å²) in [5.74, 6) is 0. The Morgan fingerprint density at radius 2 is 2.10 bits per heavy atom. The van der Waals surface area contributed by atoms with Crippen molar-refractivity contribution in [2.24, 2.45) is 0 Å². The average molecular weight is 324 g/mol. The number of nitrogens with one attached hydrogen (secondary N) is 1. The maximum Gasteiger partial charge on any atom is 0.137 e. The molecule has 21 heavy (non-hydrogen) atoms. The van der Waals surface area contributed by atoms with Crippen LogP contribution in [0.1, 0.15) is 37.8 Å². The molecule has 0 atom stereocenters. The lowest BCUT2D eigenvalue weighted by Gasteiger charge is -2.36. The maximum absolute atomic E-state index is 6.00. The minimum atomic E-state index is 0.431. The Morgan fingerprint density at radius 1 is 1.29 bits per heavy atom. The highest BCUT2D eigenvalue weighted by Crippen LogP contribution is 2.37. The van der Waals surface area contributed by atoms with Gasteiger partial charge >= 0.3 is 0 Å². The van der Waals surface area contributed by atoms with E-state index < -0.39 is 0 Å². The highest BCUT2D eigenvalue weighted by molar-refractivity contribution is 8.00. The number of hydrogen-bond donors (Lipinski definition) is 1. The molecule has 0 aliphatic heterocycles. The molecular weight excluding hydrogens is 302 g/mol. The SMILES string of the molecule is CSC1(CNCc2cn3cc(Cl)ccc3n2)CCCCC1. The first-order valence-corrected chi connectivity index (χ1v) is 9.20. The van der Waals surface area contributed by atoms with Crippen LogP contribution in [0.4, 0.5) is 0 Å². The highest BCUT2D eigenvalue weighted by Gasteiger charge is 2.30. The molecule has 0 radical (unpaired) electrons. The van der Waals surface area contributed by atoms with Gasteiger partial charge in [0.2, 0.25) is 0 Å². The van der Waals surface area contributed by atoms with Crippen LogP contribution < -0.4 is 5.32 Å². The van der Waals surface area contributed by atoms with Gasteiger partial charge in [-0.1, -0.05) is 30.9 Å². The lowest BCUT2D eigenvalue weighted by Crippen LogP contribution is -2.39. The molecule has 1 saturated carbocycles. The average Bonchev–Trinajstić information content (AvgIpc) is 2.90. The number of halogens is 1. The number of imidazole rings is 1. The van der Waals surface area contributed by atoms with Crippen LogP contribution in [0.5, 0.6) is 0 Å². The number of nitrogens with zero attached hydrogens (tertiary/aromatic N) is 2. The molecule has 2 aromatic rings. The van der Waals surface area contributed by atoms with E-state index in [9.17, 15) is 0 Å².